The molecule has 0 aliphatic rings. The third kappa shape index (κ3) is 2.82. The molecule has 1 aromatic heterocycles. The molecular weight excluding hydrogens is 343 g/mol. The maximum absolute atomic E-state index is 12.8. The quantitative estimate of drug-likeness (QED) is 0.835. The molecule has 0 spiro atoms. The molecule has 2 rings (SSSR count). The number of anilines is 2. The average molecular weight is 351 g/mol. The summed E-state index contributed by atoms with van der Waals surface area (Å²) in [5.74, 6) is -0.519. The minimum Gasteiger partial charge on any atom is -0.397 e. The van der Waals surface area contributed by atoms with Crippen LogP contribution in [0.3, 0.4) is 0 Å². The van der Waals surface area contributed by atoms with Gasteiger partial charge < -0.3 is 5.73 Å². The summed E-state index contributed by atoms with van der Waals surface area (Å²) in [6.07, 6.45) is 0. The first kappa shape index (κ1) is 13.3. The standard InChI is InChI=1S/C10H8BrFN2O2S2/c11-9-3-4-10(17-9)18(15,16)14-8-2-1-6(12)5-7(8)13/h1-5,14H,13H2. The summed E-state index contributed by atoms with van der Waals surface area (Å²) in [7, 11) is -3.69. The average Bonchev–Trinajstić information content (AvgIpc) is 2.70. The van der Waals surface area contributed by atoms with E-state index in [-0.39, 0.29) is 15.6 Å². The molecule has 0 fully saturated rings. The van der Waals surface area contributed by atoms with Crippen molar-refractivity contribution in [2.75, 3.05) is 10.5 Å². The molecule has 0 aliphatic heterocycles. The number of rotatable bonds is 3. The molecule has 8 heteroatoms. The molecule has 4 nitrogen and oxygen atoms in total. The Morgan fingerprint density at radius 3 is 2.56 bits per heavy atom. The van der Waals surface area contributed by atoms with Crippen LogP contribution >= 0.6 is 27.3 Å². The van der Waals surface area contributed by atoms with Crippen molar-refractivity contribution in [3.63, 3.8) is 0 Å². The zero-order valence-corrected chi connectivity index (χ0v) is 12.1. The number of sulfonamides is 1. The van der Waals surface area contributed by atoms with E-state index in [1.807, 2.05) is 0 Å². The first-order valence-electron chi connectivity index (χ1n) is 4.72. The van der Waals surface area contributed by atoms with Gasteiger partial charge in [0.1, 0.15) is 10.0 Å². The second-order valence-corrected chi connectivity index (χ2v) is 7.77. The van der Waals surface area contributed by atoms with E-state index in [9.17, 15) is 12.8 Å². The summed E-state index contributed by atoms with van der Waals surface area (Å²) in [6, 6.07) is 6.58. The number of benzene rings is 1. The van der Waals surface area contributed by atoms with Crippen molar-refractivity contribution in [2.24, 2.45) is 0 Å². The molecule has 0 aliphatic carbocycles. The highest BCUT2D eigenvalue weighted by atomic mass is 79.9. The van der Waals surface area contributed by atoms with E-state index >= 15 is 0 Å². The Morgan fingerprint density at radius 2 is 2.00 bits per heavy atom. The topological polar surface area (TPSA) is 72.2 Å². The zero-order valence-electron chi connectivity index (χ0n) is 8.85. The second-order valence-electron chi connectivity index (χ2n) is 3.40. The molecule has 3 N–H and O–H groups in total. The van der Waals surface area contributed by atoms with Crippen LogP contribution in [0.25, 0.3) is 0 Å². The molecule has 2 aromatic rings. The van der Waals surface area contributed by atoms with Gasteiger partial charge in [0.2, 0.25) is 0 Å². The van der Waals surface area contributed by atoms with Crippen LogP contribution in [-0.2, 0) is 10.0 Å². The Bertz CT molecular complexity index is 685. The van der Waals surface area contributed by atoms with E-state index in [1.54, 1.807) is 6.07 Å². The van der Waals surface area contributed by atoms with E-state index in [1.165, 1.54) is 12.1 Å². The van der Waals surface area contributed by atoms with Crippen LogP contribution in [0, 0.1) is 5.82 Å². The van der Waals surface area contributed by atoms with Gasteiger partial charge >= 0.3 is 0 Å². The number of halogens is 2. The minimum atomic E-state index is -3.69. The van der Waals surface area contributed by atoms with Crippen molar-refractivity contribution in [3.8, 4) is 0 Å². The SMILES string of the molecule is Nc1cc(F)ccc1NS(=O)(=O)c1ccc(Br)s1. The highest BCUT2D eigenvalue weighted by molar-refractivity contribution is 9.11. The Balaban J connectivity index is 2.33. The normalized spacial score (nSPS) is 11.4. The Kier molecular flexibility index (Phi) is 3.60. The fraction of sp³-hybridized carbons (Fsp3) is 0. The van der Waals surface area contributed by atoms with Gasteiger partial charge in [0.05, 0.1) is 15.2 Å². The smallest absolute Gasteiger partial charge is 0.271 e. The van der Waals surface area contributed by atoms with Crippen molar-refractivity contribution in [1.29, 1.82) is 0 Å². The van der Waals surface area contributed by atoms with Crippen molar-refractivity contribution >= 4 is 48.7 Å². The van der Waals surface area contributed by atoms with E-state index in [0.29, 0.717) is 3.79 Å². The minimum absolute atomic E-state index is 0.0363. The molecule has 0 unspecified atom stereocenters. The van der Waals surface area contributed by atoms with Crippen molar-refractivity contribution < 1.29 is 12.8 Å². The third-order valence-corrected chi connectivity index (χ3v) is 5.55. The van der Waals surface area contributed by atoms with Crippen LogP contribution in [0.4, 0.5) is 15.8 Å². The molecule has 0 saturated carbocycles. The third-order valence-electron chi connectivity index (χ3n) is 2.07. The predicted octanol–water partition coefficient (Wildman–Crippen LogP) is 3.03. The van der Waals surface area contributed by atoms with Gasteiger partial charge in [0, 0.05) is 0 Å². The highest BCUT2D eigenvalue weighted by Crippen LogP contribution is 2.29. The summed E-state index contributed by atoms with van der Waals surface area (Å²) in [4.78, 5) is 0. The van der Waals surface area contributed by atoms with Gasteiger partial charge in [-0.2, -0.15) is 0 Å². The predicted molar refractivity (Wildman–Crippen MR) is 73.6 cm³/mol. The van der Waals surface area contributed by atoms with Gasteiger partial charge in [-0.1, -0.05) is 0 Å². The van der Waals surface area contributed by atoms with Crippen LogP contribution in [0.1, 0.15) is 0 Å². The van der Waals surface area contributed by atoms with E-state index < -0.39 is 15.8 Å². The number of nitrogen functional groups attached to an aromatic ring is 1. The number of nitrogens with one attached hydrogen (secondary N) is 1. The fourth-order valence-corrected chi connectivity index (χ4v) is 4.36. The molecule has 1 aromatic carbocycles. The molecule has 0 amide bonds. The van der Waals surface area contributed by atoms with E-state index in [4.69, 9.17) is 5.73 Å². The summed E-state index contributed by atoms with van der Waals surface area (Å²) in [5.41, 5.74) is 5.73. The van der Waals surface area contributed by atoms with Crippen LogP contribution in [0.15, 0.2) is 38.3 Å². The maximum Gasteiger partial charge on any atom is 0.271 e. The van der Waals surface area contributed by atoms with Gasteiger partial charge in [-0.25, -0.2) is 12.8 Å². The zero-order chi connectivity index (χ0) is 13.3. The van der Waals surface area contributed by atoms with Gasteiger partial charge in [0.15, 0.2) is 0 Å². The Hall–Kier alpha value is -1.12. The monoisotopic (exact) mass is 350 g/mol. The summed E-state index contributed by atoms with van der Waals surface area (Å²) >= 11 is 4.26. The molecule has 96 valence electrons. The lowest BCUT2D eigenvalue weighted by atomic mass is 10.3. The van der Waals surface area contributed by atoms with E-state index in [0.717, 1.165) is 23.5 Å². The number of hydrogen-bond donors (Lipinski definition) is 2. The number of hydrogen-bond acceptors (Lipinski definition) is 4. The van der Waals surface area contributed by atoms with Gasteiger partial charge in [-0.3, -0.25) is 4.72 Å². The maximum atomic E-state index is 12.8. The molecule has 1 heterocycles. The van der Waals surface area contributed by atoms with E-state index in [2.05, 4.69) is 20.7 Å². The molecule has 0 saturated heterocycles. The first-order valence-corrected chi connectivity index (χ1v) is 7.81. The summed E-state index contributed by atoms with van der Waals surface area (Å²) in [5, 5.41) is 0. The summed E-state index contributed by atoms with van der Waals surface area (Å²) < 4.78 is 40.0. The van der Waals surface area contributed by atoms with Crippen LogP contribution in [0.5, 0.6) is 0 Å². The Labute approximate surface area is 116 Å². The van der Waals surface area contributed by atoms with Gasteiger partial charge in [0.25, 0.3) is 10.0 Å². The fourth-order valence-electron chi connectivity index (χ4n) is 1.26. The molecule has 0 radical (unpaired) electrons. The lowest BCUT2D eigenvalue weighted by molar-refractivity contribution is 0.603. The second kappa shape index (κ2) is 4.87. The highest BCUT2D eigenvalue weighted by Gasteiger charge is 2.17. The van der Waals surface area contributed by atoms with Crippen molar-refractivity contribution in [1.82, 2.24) is 0 Å². The lowest BCUT2D eigenvalue weighted by Crippen LogP contribution is -2.12. The lowest BCUT2D eigenvalue weighted by Gasteiger charge is -2.08. The molecular formula is C10H8BrFN2O2S2. The van der Waals surface area contributed by atoms with Crippen molar-refractivity contribution in [3.05, 3.63) is 39.9 Å². The first-order chi connectivity index (χ1) is 8.38. The molecule has 0 atom stereocenters. The van der Waals surface area contributed by atoms with Gasteiger partial charge in [-0.05, 0) is 46.3 Å². The van der Waals surface area contributed by atoms with Crippen LogP contribution in [0.2, 0.25) is 0 Å². The van der Waals surface area contributed by atoms with Crippen LogP contribution < -0.4 is 10.5 Å². The number of thiophene rings is 1. The van der Waals surface area contributed by atoms with Crippen molar-refractivity contribution in [2.45, 2.75) is 4.21 Å². The molecule has 18 heavy (non-hydrogen) atoms. The number of nitrogens with two attached hydrogens (primary N) is 1. The summed E-state index contributed by atoms with van der Waals surface area (Å²) in [6.45, 7) is 0. The molecule has 0 bridgehead atoms. The van der Waals surface area contributed by atoms with Gasteiger partial charge in [-0.15, -0.1) is 11.3 Å². The van der Waals surface area contributed by atoms with Crippen LogP contribution in [-0.4, -0.2) is 8.42 Å². The Morgan fingerprint density at radius 1 is 1.28 bits per heavy atom. The largest absolute Gasteiger partial charge is 0.397 e.